The third kappa shape index (κ3) is 2.94. The zero-order chi connectivity index (χ0) is 11.3. The first-order chi connectivity index (χ1) is 7.20. The minimum Gasteiger partial charge on any atom is -0.397 e. The van der Waals surface area contributed by atoms with E-state index >= 15 is 0 Å². The highest BCUT2D eigenvalue weighted by atomic mass is 32.1. The first kappa shape index (κ1) is 12.0. The number of nitrogens with zero attached hydrogens (tertiary/aromatic N) is 1. The fraction of sp³-hybridized carbons (Fsp3) is 0.500. The van der Waals surface area contributed by atoms with Crippen molar-refractivity contribution < 1.29 is 9.90 Å². The quantitative estimate of drug-likeness (QED) is 0.795. The summed E-state index contributed by atoms with van der Waals surface area (Å²) in [5.74, 6) is -0.0431. The van der Waals surface area contributed by atoms with Gasteiger partial charge in [0.1, 0.15) is 4.88 Å². The van der Waals surface area contributed by atoms with Crippen molar-refractivity contribution in [2.24, 2.45) is 0 Å². The fourth-order valence-electron chi connectivity index (χ4n) is 1.30. The molecule has 0 saturated carbocycles. The molecule has 0 unspecified atom stereocenters. The van der Waals surface area contributed by atoms with Crippen molar-refractivity contribution in [3.05, 3.63) is 16.3 Å². The van der Waals surface area contributed by atoms with Gasteiger partial charge in [0.05, 0.1) is 5.69 Å². The molecule has 0 saturated heterocycles. The van der Waals surface area contributed by atoms with Crippen molar-refractivity contribution in [2.45, 2.75) is 13.3 Å². The van der Waals surface area contributed by atoms with Gasteiger partial charge in [-0.05, 0) is 24.8 Å². The van der Waals surface area contributed by atoms with Crippen molar-refractivity contribution in [1.82, 2.24) is 4.90 Å². The molecule has 0 bridgehead atoms. The maximum absolute atomic E-state index is 11.9. The van der Waals surface area contributed by atoms with Gasteiger partial charge in [0.15, 0.2) is 0 Å². The van der Waals surface area contributed by atoms with Crippen molar-refractivity contribution in [2.75, 3.05) is 25.4 Å². The van der Waals surface area contributed by atoms with Crippen LogP contribution in [-0.4, -0.2) is 35.6 Å². The third-order valence-electron chi connectivity index (χ3n) is 2.15. The number of thiophene rings is 1. The molecule has 0 radical (unpaired) electrons. The summed E-state index contributed by atoms with van der Waals surface area (Å²) < 4.78 is 0. The van der Waals surface area contributed by atoms with E-state index in [0.717, 1.165) is 0 Å². The van der Waals surface area contributed by atoms with Gasteiger partial charge in [-0.2, -0.15) is 0 Å². The topological polar surface area (TPSA) is 66.6 Å². The van der Waals surface area contributed by atoms with Crippen LogP contribution >= 0.6 is 11.3 Å². The van der Waals surface area contributed by atoms with Gasteiger partial charge >= 0.3 is 0 Å². The summed E-state index contributed by atoms with van der Waals surface area (Å²) in [6, 6.07) is 1.73. The van der Waals surface area contributed by atoms with Crippen LogP contribution in [0.1, 0.15) is 23.0 Å². The van der Waals surface area contributed by atoms with E-state index in [9.17, 15) is 4.79 Å². The van der Waals surface area contributed by atoms with E-state index in [1.54, 1.807) is 11.0 Å². The highest BCUT2D eigenvalue weighted by molar-refractivity contribution is 7.12. The molecule has 0 aromatic carbocycles. The molecule has 1 rings (SSSR count). The molecule has 3 N–H and O–H groups in total. The maximum atomic E-state index is 11.9. The second-order valence-electron chi connectivity index (χ2n) is 3.17. The first-order valence-corrected chi connectivity index (χ1v) is 5.81. The van der Waals surface area contributed by atoms with Gasteiger partial charge in [-0.15, -0.1) is 11.3 Å². The lowest BCUT2D eigenvalue weighted by molar-refractivity contribution is 0.0760. The van der Waals surface area contributed by atoms with E-state index in [2.05, 4.69) is 0 Å². The Hall–Kier alpha value is -1.07. The van der Waals surface area contributed by atoms with Crippen LogP contribution in [-0.2, 0) is 0 Å². The van der Waals surface area contributed by atoms with Gasteiger partial charge in [0, 0.05) is 19.7 Å². The Labute approximate surface area is 93.3 Å². The monoisotopic (exact) mass is 228 g/mol. The normalized spacial score (nSPS) is 10.3. The van der Waals surface area contributed by atoms with Crippen molar-refractivity contribution in [3.63, 3.8) is 0 Å². The average Bonchev–Trinajstić information content (AvgIpc) is 2.65. The number of aliphatic hydroxyl groups is 1. The highest BCUT2D eigenvalue weighted by Gasteiger charge is 2.17. The van der Waals surface area contributed by atoms with Gasteiger partial charge in [-0.3, -0.25) is 4.79 Å². The Balaban J connectivity index is 2.69. The lowest BCUT2D eigenvalue weighted by Gasteiger charge is -2.19. The minimum absolute atomic E-state index is 0.0431. The Morgan fingerprint density at radius 3 is 2.87 bits per heavy atom. The van der Waals surface area contributed by atoms with Gasteiger partial charge in [0.25, 0.3) is 5.91 Å². The molecule has 1 aromatic heterocycles. The average molecular weight is 228 g/mol. The number of rotatable bonds is 5. The van der Waals surface area contributed by atoms with Crippen molar-refractivity contribution in [3.8, 4) is 0 Å². The van der Waals surface area contributed by atoms with E-state index in [1.807, 2.05) is 12.3 Å². The van der Waals surface area contributed by atoms with Crippen molar-refractivity contribution >= 4 is 22.9 Å². The van der Waals surface area contributed by atoms with Crippen LogP contribution in [0.15, 0.2) is 11.4 Å². The molecule has 1 heterocycles. The number of carbonyl (C=O) groups is 1. The predicted molar refractivity (Wildman–Crippen MR) is 62.0 cm³/mol. The molecule has 1 amide bonds. The van der Waals surface area contributed by atoms with Gasteiger partial charge < -0.3 is 15.7 Å². The molecule has 0 spiro atoms. The summed E-state index contributed by atoms with van der Waals surface area (Å²) in [6.45, 7) is 3.22. The SMILES string of the molecule is CCN(CCCO)C(=O)c1sccc1N. The van der Waals surface area contributed by atoms with Crippen LogP contribution in [0.2, 0.25) is 0 Å². The zero-order valence-electron chi connectivity index (χ0n) is 8.77. The molecule has 4 nitrogen and oxygen atoms in total. The third-order valence-corrected chi connectivity index (χ3v) is 3.06. The largest absolute Gasteiger partial charge is 0.397 e. The molecule has 84 valence electrons. The van der Waals surface area contributed by atoms with Crippen LogP contribution < -0.4 is 5.73 Å². The van der Waals surface area contributed by atoms with Gasteiger partial charge in [0.2, 0.25) is 0 Å². The molecule has 1 aromatic rings. The standard InChI is InChI=1S/C10H16N2O2S/c1-2-12(5-3-6-13)10(14)9-8(11)4-7-15-9/h4,7,13H,2-3,5-6,11H2,1H3. The smallest absolute Gasteiger partial charge is 0.266 e. The zero-order valence-corrected chi connectivity index (χ0v) is 9.59. The molecule has 0 aliphatic rings. The summed E-state index contributed by atoms with van der Waals surface area (Å²) in [6.07, 6.45) is 0.602. The predicted octanol–water partition coefficient (Wildman–Crippen LogP) is 1.17. The van der Waals surface area contributed by atoms with Gasteiger partial charge in [-0.1, -0.05) is 0 Å². The second kappa shape index (κ2) is 5.72. The number of hydrogen-bond donors (Lipinski definition) is 2. The summed E-state index contributed by atoms with van der Waals surface area (Å²) in [7, 11) is 0. The Kier molecular flexibility index (Phi) is 4.58. The Bertz CT molecular complexity index is 325. The molecule has 0 aliphatic carbocycles. The first-order valence-electron chi connectivity index (χ1n) is 4.93. The van der Waals surface area contributed by atoms with Crippen LogP contribution in [0, 0.1) is 0 Å². The fourth-order valence-corrected chi connectivity index (χ4v) is 2.09. The molecule has 5 heteroatoms. The van der Waals surface area contributed by atoms with Crippen molar-refractivity contribution in [1.29, 1.82) is 0 Å². The number of nitrogen functional groups attached to an aromatic ring is 1. The van der Waals surface area contributed by atoms with Crippen LogP contribution in [0.4, 0.5) is 5.69 Å². The molecular weight excluding hydrogens is 212 g/mol. The number of carbonyl (C=O) groups excluding carboxylic acids is 1. The number of aliphatic hydroxyl groups excluding tert-OH is 1. The lowest BCUT2D eigenvalue weighted by atomic mass is 10.3. The van der Waals surface area contributed by atoms with E-state index in [1.165, 1.54) is 11.3 Å². The highest BCUT2D eigenvalue weighted by Crippen LogP contribution is 2.20. The van der Waals surface area contributed by atoms with Crippen LogP contribution in [0.5, 0.6) is 0 Å². The van der Waals surface area contributed by atoms with E-state index in [4.69, 9.17) is 10.8 Å². The summed E-state index contributed by atoms with van der Waals surface area (Å²) >= 11 is 1.36. The summed E-state index contributed by atoms with van der Waals surface area (Å²) in [5, 5.41) is 10.5. The number of amides is 1. The Morgan fingerprint density at radius 2 is 2.40 bits per heavy atom. The molecule has 0 fully saturated rings. The number of nitrogens with two attached hydrogens (primary N) is 1. The summed E-state index contributed by atoms with van der Waals surface area (Å²) in [4.78, 5) is 14.2. The Morgan fingerprint density at radius 1 is 1.67 bits per heavy atom. The van der Waals surface area contributed by atoms with E-state index in [0.29, 0.717) is 30.1 Å². The maximum Gasteiger partial charge on any atom is 0.266 e. The molecule has 0 aliphatic heterocycles. The summed E-state index contributed by atoms with van der Waals surface area (Å²) in [5.41, 5.74) is 6.21. The minimum atomic E-state index is -0.0431. The number of hydrogen-bond acceptors (Lipinski definition) is 4. The van der Waals surface area contributed by atoms with Gasteiger partial charge in [-0.25, -0.2) is 0 Å². The molecule has 0 atom stereocenters. The molecule has 15 heavy (non-hydrogen) atoms. The lowest BCUT2D eigenvalue weighted by Crippen LogP contribution is -2.32. The van der Waals surface area contributed by atoms with E-state index < -0.39 is 0 Å². The molecular formula is C10H16N2O2S. The number of anilines is 1. The van der Waals surface area contributed by atoms with E-state index in [-0.39, 0.29) is 12.5 Å². The van der Waals surface area contributed by atoms with Crippen LogP contribution in [0.3, 0.4) is 0 Å². The second-order valence-corrected chi connectivity index (χ2v) is 4.08. The van der Waals surface area contributed by atoms with Crippen LogP contribution in [0.25, 0.3) is 0 Å².